The first-order valence-electron chi connectivity index (χ1n) is 2.81. The van der Waals surface area contributed by atoms with Crippen LogP contribution in [0.3, 0.4) is 0 Å². The third kappa shape index (κ3) is 1.74. The number of aromatic nitrogens is 1. The van der Waals surface area contributed by atoms with E-state index >= 15 is 0 Å². The fourth-order valence-electron chi connectivity index (χ4n) is 0.663. The lowest BCUT2D eigenvalue weighted by molar-refractivity contribution is 0.566. The van der Waals surface area contributed by atoms with Crippen molar-refractivity contribution >= 4 is 9.84 Å². The maximum Gasteiger partial charge on any atom is 0.178 e. The second kappa shape index (κ2) is 2.58. The summed E-state index contributed by atoms with van der Waals surface area (Å²) < 4.78 is 34.2. The minimum Gasteiger partial charge on any atom is -0.262 e. The van der Waals surface area contributed by atoms with E-state index in [0.29, 0.717) is 0 Å². The molecule has 0 spiro atoms. The van der Waals surface area contributed by atoms with E-state index in [2.05, 4.69) is 4.98 Å². The quantitative estimate of drug-likeness (QED) is 0.628. The first kappa shape index (κ1) is 8.13. The summed E-state index contributed by atoms with van der Waals surface area (Å²) in [5, 5.41) is 0. The van der Waals surface area contributed by atoms with Crippen molar-refractivity contribution in [3.05, 3.63) is 24.3 Å². The highest BCUT2D eigenvalue weighted by Crippen LogP contribution is 2.10. The Balaban J connectivity index is 3.37. The van der Waals surface area contributed by atoms with Crippen LogP contribution in [-0.4, -0.2) is 19.7 Å². The van der Waals surface area contributed by atoms with E-state index in [0.717, 1.165) is 18.5 Å². The molecule has 1 heterocycles. The van der Waals surface area contributed by atoms with E-state index in [9.17, 15) is 12.8 Å². The van der Waals surface area contributed by atoms with Gasteiger partial charge in [0.1, 0.15) is 4.90 Å². The molecule has 0 saturated heterocycles. The van der Waals surface area contributed by atoms with Gasteiger partial charge in [-0.25, -0.2) is 12.8 Å². The summed E-state index contributed by atoms with van der Waals surface area (Å²) >= 11 is 0. The van der Waals surface area contributed by atoms with Gasteiger partial charge in [0.15, 0.2) is 15.7 Å². The number of halogens is 1. The molecule has 0 aromatic carbocycles. The highest BCUT2D eigenvalue weighted by atomic mass is 32.2. The molecule has 0 amide bonds. The third-order valence-electron chi connectivity index (χ3n) is 1.13. The van der Waals surface area contributed by atoms with Crippen molar-refractivity contribution in [1.29, 1.82) is 0 Å². The summed E-state index contributed by atoms with van der Waals surface area (Å²) in [6.45, 7) is 0. The van der Waals surface area contributed by atoms with E-state index in [1.54, 1.807) is 0 Å². The maximum absolute atomic E-state index is 12.6. The SMILES string of the molecule is CS(=O)(=O)c1ccncc1F. The molecule has 0 N–H and O–H groups in total. The Labute approximate surface area is 63.8 Å². The smallest absolute Gasteiger partial charge is 0.178 e. The first-order chi connectivity index (χ1) is 5.02. The predicted molar refractivity (Wildman–Crippen MR) is 37.3 cm³/mol. The van der Waals surface area contributed by atoms with E-state index in [-0.39, 0.29) is 4.90 Å². The van der Waals surface area contributed by atoms with Gasteiger partial charge in [0.2, 0.25) is 0 Å². The van der Waals surface area contributed by atoms with Crippen LogP contribution in [0.2, 0.25) is 0 Å². The molecule has 0 radical (unpaired) electrons. The zero-order valence-corrected chi connectivity index (χ0v) is 6.60. The summed E-state index contributed by atoms with van der Waals surface area (Å²) in [6.07, 6.45) is 3.06. The molecule has 1 rings (SSSR count). The van der Waals surface area contributed by atoms with Gasteiger partial charge in [0.05, 0.1) is 6.20 Å². The van der Waals surface area contributed by atoms with Crippen LogP contribution in [-0.2, 0) is 9.84 Å². The standard InChI is InChI=1S/C6H6FNO2S/c1-11(9,10)6-2-3-8-4-5(6)7/h2-4H,1H3. The Bertz CT molecular complexity index is 361. The normalized spacial score (nSPS) is 11.5. The summed E-state index contributed by atoms with van der Waals surface area (Å²) in [5.41, 5.74) is 0. The van der Waals surface area contributed by atoms with Gasteiger partial charge in [-0.1, -0.05) is 0 Å². The zero-order chi connectivity index (χ0) is 8.48. The Morgan fingerprint density at radius 2 is 2.18 bits per heavy atom. The number of pyridine rings is 1. The number of hydrogen-bond acceptors (Lipinski definition) is 3. The number of nitrogens with zero attached hydrogens (tertiary/aromatic N) is 1. The van der Waals surface area contributed by atoms with Crippen molar-refractivity contribution in [1.82, 2.24) is 4.98 Å². The van der Waals surface area contributed by atoms with Crippen LogP contribution in [0.5, 0.6) is 0 Å². The Hall–Kier alpha value is -0.970. The molecule has 0 bridgehead atoms. The molecule has 0 aliphatic heterocycles. The number of sulfone groups is 1. The Morgan fingerprint density at radius 1 is 1.55 bits per heavy atom. The molecular weight excluding hydrogens is 169 g/mol. The number of rotatable bonds is 1. The van der Waals surface area contributed by atoms with E-state index in [4.69, 9.17) is 0 Å². The second-order valence-corrected chi connectivity index (χ2v) is 4.06. The Morgan fingerprint density at radius 3 is 2.55 bits per heavy atom. The largest absolute Gasteiger partial charge is 0.262 e. The van der Waals surface area contributed by atoms with Crippen LogP contribution < -0.4 is 0 Å². The third-order valence-corrected chi connectivity index (χ3v) is 2.26. The molecule has 11 heavy (non-hydrogen) atoms. The zero-order valence-electron chi connectivity index (χ0n) is 5.78. The molecule has 5 heteroatoms. The molecule has 1 aromatic heterocycles. The topological polar surface area (TPSA) is 47.0 Å². The molecule has 1 aromatic rings. The summed E-state index contributed by atoms with van der Waals surface area (Å²) in [6, 6.07) is 1.13. The highest BCUT2D eigenvalue weighted by Gasteiger charge is 2.11. The predicted octanol–water partition coefficient (Wildman–Crippen LogP) is 0.624. The van der Waals surface area contributed by atoms with Crippen molar-refractivity contribution in [2.45, 2.75) is 4.90 Å². The van der Waals surface area contributed by atoms with Crippen molar-refractivity contribution < 1.29 is 12.8 Å². The van der Waals surface area contributed by atoms with Gasteiger partial charge in [-0.2, -0.15) is 0 Å². The van der Waals surface area contributed by atoms with Crippen LogP contribution in [0, 0.1) is 5.82 Å². The molecular formula is C6H6FNO2S. The fourth-order valence-corrected chi connectivity index (χ4v) is 1.38. The van der Waals surface area contributed by atoms with Crippen molar-refractivity contribution in [2.75, 3.05) is 6.26 Å². The van der Waals surface area contributed by atoms with E-state index in [1.807, 2.05) is 0 Å². The lowest BCUT2D eigenvalue weighted by Gasteiger charge is -1.96. The molecule has 60 valence electrons. The van der Waals surface area contributed by atoms with Crippen LogP contribution in [0.4, 0.5) is 4.39 Å². The van der Waals surface area contributed by atoms with Gasteiger partial charge in [0, 0.05) is 12.5 Å². The minimum atomic E-state index is -3.45. The summed E-state index contributed by atoms with van der Waals surface area (Å²) in [5.74, 6) is -0.810. The van der Waals surface area contributed by atoms with Gasteiger partial charge in [-0.15, -0.1) is 0 Å². The monoisotopic (exact) mass is 175 g/mol. The van der Waals surface area contributed by atoms with Crippen molar-refractivity contribution in [3.8, 4) is 0 Å². The van der Waals surface area contributed by atoms with Gasteiger partial charge in [-0.3, -0.25) is 4.98 Å². The lowest BCUT2D eigenvalue weighted by Crippen LogP contribution is -2.00. The molecule has 0 unspecified atom stereocenters. The average Bonchev–Trinajstić information content (AvgIpc) is 1.86. The van der Waals surface area contributed by atoms with E-state index in [1.165, 1.54) is 6.20 Å². The lowest BCUT2D eigenvalue weighted by atomic mass is 10.5. The summed E-state index contributed by atoms with van der Waals surface area (Å²) in [4.78, 5) is 3.11. The average molecular weight is 175 g/mol. The van der Waals surface area contributed by atoms with Gasteiger partial charge >= 0.3 is 0 Å². The second-order valence-electron chi connectivity index (χ2n) is 2.08. The first-order valence-corrected chi connectivity index (χ1v) is 4.70. The molecule has 0 aliphatic carbocycles. The molecule has 0 fully saturated rings. The van der Waals surface area contributed by atoms with Gasteiger partial charge in [-0.05, 0) is 6.07 Å². The van der Waals surface area contributed by atoms with Gasteiger partial charge in [0.25, 0.3) is 0 Å². The Kier molecular flexibility index (Phi) is 1.90. The van der Waals surface area contributed by atoms with Crippen LogP contribution in [0.15, 0.2) is 23.4 Å². The summed E-state index contributed by atoms with van der Waals surface area (Å²) in [7, 11) is -3.45. The fraction of sp³-hybridized carbons (Fsp3) is 0.167. The van der Waals surface area contributed by atoms with Gasteiger partial charge < -0.3 is 0 Å². The molecule has 0 aliphatic rings. The maximum atomic E-state index is 12.6. The van der Waals surface area contributed by atoms with Crippen molar-refractivity contribution in [2.24, 2.45) is 0 Å². The molecule has 0 atom stereocenters. The van der Waals surface area contributed by atoms with Crippen LogP contribution >= 0.6 is 0 Å². The van der Waals surface area contributed by atoms with Crippen LogP contribution in [0.1, 0.15) is 0 Å². The molecule has 0 saturated carbocycles. The van der Waals surface area contributed by atoms with Crippen molar-refractivity contribution in [3.63, 3.8) is 0 Å². The minimum absolute atomic E-state index is 0.312. The highest BCUT2D eigenvalue weighted by molar-refractivity contribution is 7.90. The molecule has 3 nitrogen and oxygen atoms in total. The number of hydrogen-bond donors (Lipinski definition) is 0. The van der Waals surface area contributed by atoms with E-state index < -0.39 is 15.7 Å². The van der Waals surface area contributed by atoms with Crippen LogP contribution in [0.25, 0.3) is 0 Å².